The van der Waals surface area contributed by atoms with E-state index in [0.717, 1.165) is 49.6 Å². The molecule has 1 saturated heterocycles. The lowest BCUT2D eigenvalue weighted by Gasteiger charge is -2.14. The number of likely N-dealkylation sites (tertiary alicyclic amines) is 1. The van der Waals surface area contributed by atoms with Crippen LogP contribution in [0.2, 0.25) is 0 Å². The third kappa shape index (κ3) is 3.67. The fraction of sp³-hybridized carbons (Fsp3) is 0.667. The van der Waals surface area contributed by atoms with Crippen molar-refractivity contribution in [2.75, 3.05) is 19.6 Å². The number of hydrogen-bond donors (Lipinski definition) is 1. The van der Waals surface area contributed by atoms with Gasteiger partial charge in [0.25, 0.3) is 0 Å². The lowest BCUT2D eigenvalue weighted by atomic mass is 10.1. The summed E-state index contributed by atoms with van der Waals surface area (Å²) >= 11 is 7.39. The first kappa shape index (κ1) is 13.8. The van der Waals surface area contributed by atoms with Crippen LogP contribution >= 0.6 is 22.9 Å². The van der Waals surface area contributed by atoms with Gasteiger partial charge in [-0.3, -0.25) is 4.79 Å². The molecule has 1 atom stereocenters. The smallest absolute Gasteiger partial charge is 0.221 e. The van der Waals surface area contributed by atoms with E-state index in [0.29, 0.717) is 5.88 Å². The SMILES string of the molecule is NC(=O)C1CCN(CCCc2nc(CCl)cs2)C1. The van der Waals surface area contributed by atoms with E-state index in [-0.39, 0.29) is 11.8 Å². The van der Waals surface area contributed by atoms with Gasteiger partial charge in [0, 0.05) is 18.3 Å². The predicted molar refractivity (Wildman–Crippen MR) is 73.7 cm³/mol. The maximum Gasteiger partial charge on any atom is 0.221 e. The first-order valence-electron chi connectivity index (χ1n) is 6.20. The highest BCUT2D eigenvalue weighted by Crippen LogP contribution is 2.17. The highest BCUT2D eigenvalue weighted by atomic mass is 35.5. The van der Waals surface area contributed by atoms with Crippen molar-refractivity contribution in [1.82, 2.24) is 9.88 Å². The van der Waals surface area contributed by atoms with Crippen molar-refractivity contribution >= 4 is 28.8 Å². The maximum atomic E-state index is 11.1. The van der Waals surface area contributed by atoms with Gasteiger partial charge < -0.3 is 10.6 Å². The highest BCUT2D eigenvalue weighted by Gasteiger charge is 2.25. The van der Waals surface area contributed by atoms with Crippen LogP contribution in [0, 0.1) is 5.92 Å². The molecule has 1 aliphatic heterocycles. The number of aryl methyl sites for hydroxylation is 1. The summed E-state index contributed by atoms with van der Waals surface area (Å²) in [5.41, 5.74) is 6.28. The van der Waals surface area contributed by atoms with E-state index >= 15 is 0 Å². The first-order chi connectivity index (χ1) is 8.69. The second kappa shape index (κ2) is 6.50. The van der Waals surface area contributed by atoms with Crippen LogP contribution in [0.1, 0.15) is 23.5 Å². The van der Waals surface area contributed by atoms with E-state index in [2.05, 4.69) is 9.88 Å². The lowest BCUT2D eigenvalue weighted by molar-refractivity contribution is -0.121. The van der Waals surface area contributed by atoms with Gasteiger partial charge in [-0.2, -0.15) is 0 Å². The standard InChI is InChI=1S/C12H18ClN3OS/c13-6-10-8-18-11(15-10)2-1-4-16-5-3-9(7-16)12(14)17/h8-9H,1-7H2,(H2,14,17). The number of aromatic nitrogens is 1. The van der Waals surface area contributed by atoms with Crippen molar-refractivity contribution < 1.29 is 4.79 Å². The molecule has 0 saturated carbocycles. The minimum Gasteiger partial charge on any atom is -0.369 e. The predicted octanol–water partition coefficient (Wildman–Crippen LogP) is 1.62. The summed E-state index contributed by atoms with van der Waals surface area (Å²) in [7, 11) is 0. The Kier molecular flexibility index (Phi) is 4.97. The molecule has 0 aliphatic carbocycles. The van der Waals surface area contributed by atoms with Crippen LogP contribution in [-0.4, -0.2) is 35.4 Å². The van der Waals surface area contributed by atoms with Gasteiger partial charge in [-0.1, -0.05) is 0 Å². The molecular formula is C12H18ClN3OS. The van der Waals surface area contributed by atoms with Crippen LogP contribution in [0.5, 0.6) is 0 Å². The summed E-state index contributed by atoms with van der Waals surface area (Å²) in [4.78, 5) is 17.8. The molecule has 2 heterocycles. The van der Waals surface area contributed by atoms with Gasteiger partial charge in [-0.05, 0) is 25.9 Å². The molecular weight excluding hydrogens is 270 g/mol. The van der Waals surface area contributed by atoms with Gasteiger partial charge in [0.2, 0.25) is 5.91 Å². The number of thiazole rings is 1. The average Bonchev–Trinajstić information content (AvgIpc) is 2.97. The lowest BCUT2D eigenvalue weighted by Crippen LogP contribution is -2.28. The van der Waals surface area contributed by atoms with Crippen LogP contribution < -0.4 is 5.73 Å². The van der Waals surface area contributed by atoms with E-state index < -0.39 is 0 Å². The van der Waals surface area contributed by atoms with Crippen molar-refractivity contribution in [1.29, 1.82) is 0 Å². The molecule has 1 amide bonds. The second-order valence-electron chi connectivity index (χ2n) is 4.66. The fourth-order valence-corrected chi connectivity index (χ4v) is 3.32. The van der Waals surface area contributed by atoms with Crippen molar-refractivity contribution in [2.45, 2.75) is 25.1 Å². The normalized spacial score (nSPS) is 20.4. The van der Waals surface area contributed by atoms with Crippen LogP contribution in [0.4, 0.5) is 0 Å². The Balaban J connectivity index is 1.68. The van der Waals surface area contributed by atoms with E-state index in [9.17, 15) is 4.79 Å². The summed E-state index contributed by atoms with van der Waals surface area (Å²) in [6.45, 7) is 2.82. The number of rotatable bonds is 6. The summed E-state index contributed by atoms with van der Waals surface area (Å²) in [6, 6.07) is 0. The molecule has 1 aromatic heterocycles. The van der Waals surface area contributed by atoms with Gasteiger partial charge >= 0.3 is 0 Å². The van der Waals surface area contributed by atoms with Crippen molar-refractivity contribution in [3.8, 4) is 0 Å². The van der Waals surface area contributed by atoms with Gasteiger partial charge in [0.15, 0.2) is 0 Å². The monoisotopic (exact) mass is 287 g/mol. The molecule has 0 radical (unpaired) electrons. The van der Waals surface area contributed by atoms with Crippen LogP contribution in [0.3, 0.4) is 0 Å². The molecule has 100 valence electrons. The van der Waals surface area contributed by atoms with E-state index in [1.54, 1.807) is 11.3 Å². The second-order valence-corrected chi connectivity index (χ2v) is 5.87. The molecule has 1 aromatic rings. The van der Waals surface area contributed by atoms with Crippen LogP contribution in [0.25, 0.3) is 0 Å². The third-order valence-corrected chi connectivity index (χ3v) is 4.51. The Labute approximate surface area is 116 Å². The molecule has 4 nitrogen and oxygen atoms in total. The van der Waals surface area contributed by atoms with Crippen LogP contribution in [0.15, 0.2) is 5.38 Å². The number of amides is 1. The number of nitrogens with zero attached hydrogens (tertiary/aromatic N) is 2. The minimum absolute atomic E-state index is 0.0488. The molecule has 18 heavy (non-hydrogen) atoms. The summed E-state index contributed by atoms with van der Waals surface area (Å²) in [5, 5.41) is 3.16. The molecule has 0 spiro atoms. The number of primary amides is 1. The maximum absolute atomic E-state index is 11.1. The molecule has 1 fully saturated rings. The van der Waals surface area contributed by atoms with Gasteiger partial charge in [-0.25, -0.2) is 4.98 Å². The quantitative estimate of drug-likeness (QED) is 0.809. The van der Waals surface area contributed by atoms with E-state index in [1.165, 1.54) is 0 Å². The zero-order valence-electron chi connectivity index (χ0n) is 10.3. The topological polar surface area (TPSA) is 59.2 Å². The fourth-order valence-electron chi connectivity index (χ4n) is 2.25. The van der Waals surface area contributed by atoms with Gasteiger partial charge in [0.05, 0.1) is 22.5 Å². The Morgan fingerprint density at radius 2 is 2.50 bits per heavy atom. The number of carbonyl (C=O) groups is 1. The van der Waals surface area contributed by atoms with E-state index in [4.69, 9.17) is 17.3 Å². The summed E-state index contributed by atoms with van der Waals surface area (Å²) in [6.07, 6.45) is 2.96. The molecule has 6 heteroatoms. The van der Waals surface area contributed by atoms with Crippen molar-refractivity contribution in [3.05, 3.63) is 16.1 Å². The number of halogens is 1. The Bertz CT molecular complexity index is 410. The average molecular weight is 288 g/mol. The van der Waals surface area contributed by atoms with Crippen molar-refractivity contribution in [2.24, 2.45) is 11.7 Å². The first-order valence-corrected chi connectivity index (χ1v) is 7.61. The summed E-state index contributed by atoms with van der Waals surface area (Å²) in [5.74, 6) is 0.375. The molecule has 1 aliphatic rings. The summed E-state index contributed by atoms with van der Waals surface area (Å²) < 4.78 is 0. The Hall–Kier alpha value is -0.650. The molecule has 2 rings (SSSR count). The van der Waals surface area contributed by atoms with Crippen molar-refractivity contribution in [3.63, 3.8) is 0 Å². The number of alkyl halides is 1. The largest absolute Gasteiger partial charge is 0.369 e. The zero-order chi connectivity index (χ0) is 13.0. The Morgan fingerprint density at radius 3 is 3.11 bits per heavy atom. The minimum atomic E-state index is -0.163. The van der Waals surface area contributed by atoms with Crippen LogP contribution in [-0.2, 0) is 17.1 Å². The number of hydrogen-bond acceptors (Lipinski definition) is 4. The molecule has 0 aromatic carbocycles. The number of carbonyl (C=O) groups excluding carboxylic acids is 1. The molecule has 2 N–H and O–H groups in total. The molecule has 0 bridgehead atoms. The molecule has 1 unspecified atom stereocenters. The highest BCUT2D eigenvalue weighted by molar-refractivity contribution is 7.09. The number of nitrogens with two attached hydrogens (primary N) is 1. The Morgan fingerprint density at radius 1 is 1.67 bits per heavy atom. The van der Waals surface area contributed by atoms with Gasteiger partial charge in [-0.15, -0.1) is 22.9 Å². The van der Waals surface area contributed by atoms with E-state index in [1.807, 2.05) is 5.38 Å². The van der Waals surface area contributed by atoms with Gasteiger partial charge in [0.1, 0.15) is 0 Å². The third-order valence-electron chi connectivity index (χ3n) is 3.28. The zero-order valence-corrected chi connectivity index (χ0v) is 11.8.